The predicted molar refractivity (Wildman–Crippen MR) is 123 cm³/mol. The molecular formula is C24H28F3N3O3S. The SMILES string of the molecule is C[C@H](CF)NC(=O)N1CC2(CC2)[C@H](NS(=O)(=O)CF)[C@@H]1Cc1cccc(-c2ccccc2)c1F. The van der Waals surface area contributed by atoms with E-state index in [9.17, 15) is 22.0 Å². The molecule has 2 N–H and O–H groups in total. The van der Waals surface area contributed by atoms with Crippen molar-refractivity contribution in [1.82, 2.24) is 14.9 Å². The highest BCUT2D eigenvalue weighted by Crippen LogP contribution is 2.55. The van der Waals surface area contributed by atoms with Crippen molar-refractivity contribution in [3.05, 3.63) is 59.9 Å². The van der Waals surface area contributed by atoms with Gasteiger partial charge in [0.1, 0.15) is 12.5 Å². The van der Waals surface area contributed by atoms with E-state index in [1.807, 2.05) is 6.07 Å². The first-order chi connectivity index (χ1) is 16.2. The van der Waals surface area contributed by atoms with Crippen LogP contribution in [-0.4, -0.2) is 56.7 Å². The summed E-state index contributed by atoms with van der Waals surface area (Å²) in [5.74, 6) is -0.463. The van der Waals surface area contributed by atoms with Crippen LogP contribution in [0, 0.1) is 11.2 Å². The average molecular weight is 496 g/mol. The number of sulfonamides is 1. The lowest BCUT2D eigenvalue weighted by molar-refractivity contribution is 0.183. The summed E-state index contributed by atoms with van der Waals surface area (Å²) in [6.07, 6.45) is 1.32. The average Bonchev–Trinajstić information content (AvgIpc) is 3.55. The Morgan fingerprint density at radius 3 is 2.47 bits per heavy atom. The number of carbonyl (C=O) groups excluding carboxylic acids is 1. The van der Waals surface area contributed by atoms with Crippen LogP contribution in [0.2, 0.25) is 0 Å². The van der Waals surface area contributed by atoms with Crippen molar-refractivity contribution in [2.75, 3.05) is 19.2 Å². The quantitative estimate of drug-likeness (QED) is 0.585. The molecule has 1 saturated carbocycles. The fourth-order valence-electron chi connectivity index (χ4n) is 4.79. The van der Waals surface area contributed by atoms with Crippen molar-refractivity contribution in [3.63, 3.8) is 0 Å². The van der Waals surface area contributed by atoms with Gasteiger partial charge in [0.05, 0.1) is 12.1 Å². The second-order valence-corrected chi connectivity index (χ2v) is 10.9. The Hall–Kier alpha value is -2.59. The molecule has 2 aliphatic rings. The highest BCUT2D eigenvalue weighted by Gasteiger charge is 2.61. The van der Waals surface area contributed by atoms with Crippen LogP contribution in [0.25, 0.3) is 11.1 Å². The molecule has 1 saturated heterocycles. The maximum absolute atomic E-state index is 15.6. The van der Waals surface area contributed by atoms with E-state index in [-0.39, 0.29) is 13.0 Å². The van der Waals surface area contributed by atoms with Gasteiger partial charge >= 0.3 is 6.03 Å². The normalized spacial score (nSPS) is 22.1. The zero-order chi connectivity index (χ0) is 24.5. The Labute approximate surface area is 197 Å². The van der Waals surface area contributed by atoms with Gasteiger partial charge in [0.15, 0.2) is 0 Å². The number of benzene rings is 2. The van der Waals surface area contributed by atoms with Crippen LogP contribution >= 0.6 is 0 Å². The van der Waals surface area contributed by atoms with Crippen LogP contribution in [0.15, 0.2) is 48.5 Å². The van der Waals surface area contributed by atoms with Crippen molar-refractivity contribution < 1.29 is 26.4 Å². The van der Waals surface area contributed by atoms with Crippen LogP contribution in [0.5, 0.6) is 0 Å². The van der Waals surface area contributed by atoms with Gasteiger partial charge in [-0.1, -0.05) is 48.5 Å². The van der Waals surface area contributed by atoms with Crippen molar-refractivity contribution in [3.8, 4) is 11.1 Å². The van der Waals surface area contributed by atoms with Crippen LogP contribution in [0.3, 0.4) is 0 Å². The number of rotatable bonds is 8. The van der Waals surface area contributed by atoms with E-state index in [4.69, 9.17) is 0 Å². The molecule has 4 rings (SSSR count). The van der Waals surface area contributed by atoms with Crippen LogP contribution < -0.4 is 10.0 Å². The Morgan fingerprint density at radius 2 is 1.85 bits per heavy atom. The van der Waals surface area contributed by atoms with Gasteiger partial charge in [-0.05, 0) is 37.3 Å². The smallest absolute Gasteiger partial charge is 0.318 e. The molecule has 10 heteroatoms. The minimum absolute atomic E-state index is 0.0190. The first-order valence-corrected chi connectivity index (χ1v) is 12.9. The number of carbonyl (C=O) groups is 1. The molecule has 1 spiro atoms. The molecule has 0 aromatic heterocycles. The number of hydrogen-bond donors (Lipinski definition) is 2. The molecule has 184 valence electrons. The Morgan fingerprint density at radius 1 is 1.15 bits per heavy atom. The molecular weight excluding hydrogens is 467 g/mol. The Balaban J connectivity index is 1.70. The summed E-state index contributed by atoms with van der Waals surface area (Å²) in [6.45, 7) is 0.977. The Bertz CT molecular complexity index is 1140. The fourth-order valence-corrected chi connectivity index (χ4v) is 5.64. The van der Waals surface area contributed by atoms with E-state index in [1.165, 1.54) is 11.8 Å². The molecule has 1 aliphatic carbocycles. The topological polar surface area (TPSA) is 78.5 Å². The molecule has 2 aromatic rings. The molecule has 3 atom stereocenters. The summed E-state index contributed by atoms with van der Waals surface area (Å²) in [5, 5.41) is 2.57. The summed E-state index contributed by atoms with van der Waals surface area (Å²) in [4.78, 5) is 14.4. The molecule has 0 unspecified atom stereocenters. The summed E-state index contributed by atoms with van der Waals surface area (Å²) < 4.78 is 68.5. The molecule has 34 heavy (non-hydrogen) atoms. The zero-order valence-electron chi connectivity index (χ0n) is 18.8. The van der Waals surface area contributed by atoms with Gasteiger partial charge in [0.2, 0.25) is 16.0 Å². The molecule has 1 heterocycles. The van der Waals surface area contributed by atoms with Crippen molar-refractivity contribution >= 4 is 16.1 Å². The molecule has 1 aliphatic heterocycles. The summed E-state index contributed by atoms with van der Waals surface area (Å²) in [7, 11) is -4.23. The van der Waals surface area contributed by atoms with Gasteiger partial charge in [-0.15, -0.1) is 0 Å². The number of nitrogens with one attached hydrogen (secondary N) is 2. The van der Waals surface area contributed by atoms with Gasteiger partial charge in [-0.2, -0.15) is 0 Å². The molecule has 0 radical (unpaired) electrons. The number of alkyl halides is 2. The number of halogens is 3. The number of hydrogen-bond acceptors (Lipinski definition) is 3. The monoisotopic (exact) mass is 495 g/mol. The maximum Gasteiger partial charge on any atom is 0.318 e. The minimum atomic E-state index is -4.23. The Kier molecular flexibility index (Phi) is 6.91. The van der Waals surface area contributed by atoms with E-state index < -0.39 is 58.1 Å². The van der Waals surface area contributed by atoms with Gasteiger partial charge < -0.3 is 10.2 Å². The van der Waals surface area contributed by atoms with Crippen LogP contribution in [-0.2, 0) is 16.4 Å². The second-order valence-electron chi connectivity index (χ2n) is 9.23. The highest BCUT2D eigenvalue weighted by molar-refractivity contribution is 7.89. The van der Waals surface area contributed by atoms with E-state index >= 15 is 4.39 Å². The van der Waals surface area contributed by atoms with Crippen molar-refractivity contribution in [1.29, 1.82) is 0 Å². The van der Waals surface area contributed by atoms with Crippen LogP contribution in [0.1, 0.15) is 25.3 Å². The zero-order valence-corrected chi connectivity index (χ0v) is 19.6. The number of likely N-dealkylation sites (tertiary alicyclic amines) is 1. The third-order valence-corrected chi connectivity index (χ3v) is 7.63. The van der Waals surface area contributed by atoms with E-state index in [0.29, 0.717) is 29.5 Å². The number of urea groups is 1. The first kappa shape index (κ1) is 24.5. The lowest BCUT2D eigenvalue weighted by Gasteiger charge is -2.30. The predicted octanol–water partition coefficient (Wildman–Crippen LogP) is 3.78. The molecule has 0 bridgehead atoms. The lowest BCUT2D eigenvalue weighted by atomic mass is 9.91. The van der Waals surface area contributed by atoms with E-state index in [2.05, 4.69) is 10.0 Å². The summed E-state index contributed by atoms with van der Waals surface area (Å²) >= 11 is 0. The molecule has 2 amide bonds. The van der Waals surface area contributed by atoms with E-state index in [0.717, 1.165) is 0 Å². The lowest BCUT2D eigenvalue weighted by Crippen LogP contribution is -2.53. The van der Waals surface area contributed by atoms with Gasteiger partial charge in [-0.3, -0.25) is 0 Å². The molecule has 6 nitrogen and oxygen atoms in total. The van der Waals surface area contributed by atoms with Crippen molar-refractivity contribution in [2.45, 2.75) is 44.3 Å². The summed E-state index contributed by atoms with van der Waals surface area (Å²) in [6, 6.07) is 9.54. The van der Waals surface area contributed by atoms with Gasteiger partial charge in [-0.25, -0.2) is 31.1 Å². The molecule has 2 fully saturated rings. The number of nitrogens with zero attached hydrogens (tertiary/aromatic N) is 1. The second kappa shape index (κ2) is 9.58. The number of amides is 2. The van der Waals surface area contributed by atoms with Crippen LogP contribution in [0.4, 0.5) is 18.0 Å². The van der Waals surface area contributed by atoms with Gasteiger partial charge in [0.25, 0.3) is 0 Å². The highest BCUT2D eigenvalue weighted by atomic mass is 32.2. The maximum atomic E-state index is 15.6. The van der Waals surface area contributed by atoms with Crippen molar-refractivity contribution in [2.24, 2.45) is 5.41 Å². The third-order valence-electron chi connectivity index (χ3n) is 6.73. The fraction of sp³-hybridized carbons (Fsp3) is 0.458. The molecule has 2 aromatic carbocycles. The van der Waals surface area contributed by atoms with Gasteiger partial charge in [0, 0.05) is 23.6 Å². The minimum Gasteiger partial charge on any atom is -0.333 e. The van der Waals surface area contributed by atoms with E-state index in [1.54, 1.807) is 42.5 Å². The summed E-state index contributed by atoms with van der Waals surface area (Å²) in [5.41, 5.74) is 0.842. The third kappa shape index (κ3) is 4.93. The standard InChI is InChI=1S/C24H28F3N3O3S/c1-16(13-25)28-23(31)30-14-24(10-11-24)22(29-34(32,33)15-26)20(30)12-18-8-5-9-19(21(18)27)17-6-3-2-4-7-17/h2-9,16,20,22,29H,10-15H2,1H3,(H,28,31)/t16-,20+,22-/m1/s1. The first-order valence-electron chi connectivity index (χ1n) is 11.2. The largest absolute Gasteiger partial charge is 0.333 e.